The third kappa shape index (κ3) is 2.89. The van der Waals surface area contributed by atoms with E-state index in [0.717, 1.165) is 57.6 Å². The van der Waals surface area contributed by atoms with Crippen molar-refractivity contribution in [3.63, 3.8) is 0 Å². The number of aromatic nitrogens is 2. The summed E-state index contributed by atoms with van der Waals surface area (Å²) in [5, 5.41) is 9.92. The molecule has 3 aliphatic rings. The second kappa shape index (κ2) is 6.07. The van der Waals surface area contributed by atoms with Crippen molar-refractivity contribution < 1.29 is 9.90 Å². The molecule has 1 amide bonds. The third-order valence-corrected chi connectivity index (χ3v) is 6.76. The molecule has 1 aliphatic carbocycles. The van der Waals surface area contributed by atoms with Crippen molar-refractivity contribution in [3.05, 3.63) is 16.1 Å². The Morgan fingerprint density at radius 2 is 1.96 bits per heavy atom. The molecule has 0 aromatic carbocycles. The molecule has 0 bridgehead atoms. The van der Waals surface area contributed by atoms with Crippen molar-refractivity contribution in [1.29, 1.82) is 0 Å². The Bertz CT molecular complexity index is 617. The van der Waals surface area contributed by atoms with Gasteiger partial charge >= 0.3 is 6.09 Å². The summed E-state index contributed by atoms with van der Waals surface area (Å²) in [6.45, 7) is 3.54. The van der Waals surface area contributed by atoms with E-state index in [9.17, 15) is 4.79 Å². The number of likely N-dealkylation sites (tertiary alicyclic amines) is 2. The third-order valence-electron chi connectivity index (χ3n) is 6.12. The van der Waals surface area contributed by atoms with Crippen LogP contribution >= 0.6 is 23.2 Å². The summed E-state index contributed by atoms with van der Waals surface area (Å²) in [5.74, 6) is 1.30. The predicted octanol–water partition coefficient (Wildman–Crippen LogP) is 3.43. The molecule has 2 saturated heterocycles. The maximum absolute atomic E-state index is 11.1. The minimum atomic E-state index is -0.771. The molecule has 4 rings (SSSR count). The molecular weight excluding hydrogens is 351 g/mol. The number of hydrogen-bond donors (Lipinski definition) is 2. The first-order chi connectivity index (χ1) is 11.5. The van der Waals surface area contributed by atoms with E-state index in [0.29, 0.717) is 28.8 Å². The van der Waals surface area contributed by atoms with Crippen molar-refractivity contribution in [3.8, 4) is 0 Å². The lowest BCUT2D eigenvalue weighted by atomic mass is 9.64. The van der Waals surface area contributed by atoms with E-state index in [1.54, 1.807) is 4.90 Å². The minimum Gasteiger partial charge on any atom is -0.465 e. The molecule has 1 saturated carbocycles. The second-order valence-electron chi connectivity index (χ2n) is 7.55. The number of hydrogen-bond acceptors (Lipinski definition) is 3. The zero-order valence-corrected chi connectivity index (χ0v) is 15.0. The summed E-state index contributed by atoms with van der Waals surface area (Å²) in [4.78, 5) is 22.6. The van der Waals surface area contributed by atoms with Gasteiger partial charge in [-0.15, -0.1) is 0 Å². The van der Waals surface area contributed by atoms with Gasteiger partial charge < -0.3 is 19.9 Å². The van der Waals surface area contributed by atoms with Gasteiger partial charge in [-0.2, -0.15) is 0 Å². The van der Waals surface area contributed by atoms with Crippen molar-refractivity contribution in [2.24, 2.45) is 5.41 Å². The Morgan fingerprint density at radius 3 is 2.50 bits per heavy atom. The van der Waals surface area contributed by atoms with Crippen LogP contribution in [0.4, 0.5) is 4.79 Å². The maximum Gasteiger partial charge on any atom is 0.407 e. The molecule has 3 fully saturated rings. The molecule has 0 atom stereocenters. The van der Waals surface area contributed by atoms with Crippen molar-refractivity contribution >= 4 is 29.3 Å². The first kappa shape index (κ1) is 16.5. The number of H-pyrrole nitrogens is 1. The van der Waals surface area contributed by atoms with Crippen LogP contribution in [-0.4, -0.2) is 63.2 Å². The standard InChI is InChI=1S/C16H22Cl2N4O2/c17-12-13(18)20-14(19-12)10-1-4-21(5-2-10)11-7-16(8-11)3-6-22(9-16)15(23)24/h10-11H,1-9H2,(H,19,20)(H,23,24). The number of carboxylic acid groups (broad SMARTS) is 1. The number of nitrogens with one attached hydrogen (secondary N) is 1. The Kier molecular flexibility index (Phi) is 4.17. The Morgan fingerprint density at radius 1 is 1.25 bits per heavy atom. The van der Waals surface area contributed by atoms with Crippen molar-refractivity contribution in [2.45, 2.75) is 44.1 Å². The SMILES string of the molecule is O=C(O)N1CCC2(CC(N3CCC(c4nc(Cl)c(Cl)[nH]4)CC3)C2)C1. The van der Waals surface area contributed by atoms with Crippen LogP contribution < -0.4 is 0 Å². The summed E-state index contributed by atoms with van der Waals surface area (Å²) in [6.07, 6.45) is 4.65. The predicted molar refractivity (Wildman–Crippen MR) is 91.8 cm³/mol. The van der Waals surface area contributed by atoms with E-state index in [1.165, 1.54) is 0 Å². The molecule has 2 N–H and O–H groups in total. The van der Waals surface area contributed by atoms with Crippen molar-refractivity contribution in [2.75, 3.05) is 26.2 Å². The molecule has 6 nitrogen and oxygen atoms in total. The first-order valence-corrected chi connectivity index (χ1v) is 9.34. The van der Waals surface area contributed by atoms with Crippen LogP contribution in [0.5, 0.6) is 0 Å². The molecule has 0 unspecified atom stereocenters. The van der Waals surface area contributed by atoms with Crippen LogP contribution in [0.15, 0.2) is 0 Å². The summed E-state index contributed by atoms with van der Waals surface area (Å²) < 4.78 is 0. The van der Waals surface area contributed by atoms with Gasteiger partial charge in [0.25, 0.3) is 0 Å². The van der Waals surface area contributed by atoms with E-state index < -0.39 is 6.09 Å². The van der Waals surface area contributed by atoms with Gasteiger partial charge in [0.1, 0.15) is 11.0 Å². The lowest BCUT2D eigenvalue weighted by Crippen LogP contribution is -2.54. The van der Waals surface area contributed by atoms with Crippen LogP contribution in [0, 0.1) is 5.41 Å². The summed E-state index contributed by atoms with van der Waals surface area (Å²) in [6, 6.07) is 0.614. The number of aromatic amines is 1. The highest BCUT2D eigenvalue weighted by atomic mass is 35.5. The largest absolute Gasteiger partial charge is 0.465 e. The molecule has 2 aliphatic heterocycles. The highest BCUT2D eigenvalue weighted by Crippen LogP contribution is 2.50. The lowest BCUT2D eigenvalue weighted by Gasteiger charge is -2.51. The van der Waals surface area contributed by atoms with E-state index in [-0.39, 0.29) is 5.41 Å². The zero-order valence-electron chi connectivity index (χ0n) is 13.5. The molecule has 0 radical (unpaired) electrons. The van der Waals surface area contributed by atoms with Crippen LogP contribution in [0.3, 0.4) is 0 Å². The number of rotatable bonds is 2. The Labute approximate surface area is 151 Å². The van der Waals surface area contributed by atoms with E-state index in [4.69, 9.17) is 28.3 Å². The zero-order chi connectivity index (χ0) is 16.9. The van der Waals surface area contributed by atoms with Gasteiger partial charge in [-0.25, -0.2) is 9.78 Å². The van der Waals surface area contributed by atoms with Crippen LogP contribution in [0.25, 0.3) is 0 Å². The van der Waals surface area contributed by atoms with E-state index >= 15 is 0 Å². The molecule has 132 valence electrons. The number of amides is 1. The summed E-state index contributed by atoms with van der Waals surface area (Å²) in [7, 11) is 0. The summed E-state index contributed by atoms with van der Waals surface area (Å²) >= 11 is 11.9. The van der Waals surface area contributed by atoms with Gasteiger partial charge in [0.15, 0.2) is 5.15 Å². The number of piperidine rings is 1. The lowest BCUT2D eigenvalue weighted by molar-refractivity contribution is -0.00417. The number of halogens is 2. The Balaban J connectivity index is 1.28. The van der Waals surface area contributed by atoms with Gasteiger partial charge in [0.2, 0.25) is 0 Å². The van der Waals surface area contributed by atoms with Crippen LogP contribution in [0.1, 0.15) is 43.8 Å². The number of imidazole rings is 1. The monoisotopic (exact) mass is 372 g/mol. The Hall–Kier alpha value is -0.980. The summed E-state index contributed by atoms with van der Waals surface area (Å²) in [5.41, 5.74) is 0.252. The molecule has 24 heavy (non-hydrogen) atoms. The quantitative estimate of drug-likeness (QED) is 0.833. The number of nitrogens with zero attached hydrogens (tertiary/aromatic N) is 3. The van der Waals surface area contributed by atoms with E-state index in [1.807, 2.05) is 0 Å². The highest BCUT2D eigenvalue weighted by molar-refractivity contribution is 6.40. The second-order valence-corrected chi connectivity index (χ2v) is 8.29. The van der Waals surface area contributed by atoms with E-state index in [2.05, 4.69) is 14.9 Å². The molecular formula is C16H22Cl2N4O2. The highest BCUT2D eigenvalue weighted by Gasteiger charge is 2.51. The molecule has 1 spiro atoms. The van der Waals surface area contributed by atoms with Gasteiger partial charge in [0, 0.05) is 25.0 Å². The van der Waals surface area contributed by atoms with Gasteiger partial charge in [-0.05, 0) is 50.6 Å². The number of carbonyl (C=O) groups is 1. The average Bonchev–Trinajstić information content (AvgIpc) is 3.11. The van der Waals surface area contributed by atoms with Crippen LogP contribution in [0.2, 0.25) is 10.3 Å². The molecule has 3 heterocycles. The average molecular weight is 373 g/mol. The van der Waals surface area contributed by atoms with Crippen molar-refractivity contribution in [1.82, 2.24) is 19.8 Å². The van der Waals surface area contributed by atoms with Gasteiger partial charge in [-0.1, -0.05) is 23.2 Å². The molecule has 1 aromatic rings. The first-order valence-electron chi connectivity index (χ1n) is 8.59. The topological polar surface area (TPSA) is 72.5 Å². The molecule has 8 heteroatoms. The van der Waals surface area contributed by atoms with Gasteiger partial charge in [0.05, 0.1) is 0 Å². The fraction of sp³-hybridized carbons (Fsp3) is 0.750. The fourth-order valence-electron chi connectivity index (χ4n) is 4.71. The normalized spacial score (nSPS) is 31.6. The minimum absolute atomic E-state index is 0.252. The van der Waals surface area contributed by atoms with Gasteiger partial charge in [-0.3, -0.25) is 0 Å². The molecule has 1 aromatic heterocycles. The van der Waals surface area contributed by atoms with Crippen LogP contribution in [-0.2, 0) is 0 Å². The smallest absolute Gasteiger partial charge is 0.407 e. The fourth-order valence-corrected chi connectivity index (χ4v) is 4.99. The maximum atomic E-state index is 11.1.